The van der Waals surface area contributed by atoms with Gasteiger partial charge in [0, 0.05) is 43.4 Å². The van der Waals surface area contributed by atoms with Gasteiger partial charge < -0.3 is 20.1 Å². The van der Waals surface area contributed by atoms with E-state index in [0.29, 0.717) is 25.6 Å². The highest BCUT2D eigenvalue weighted by molar-refractivity contribution is 5.86. The lowest BCUT2D eigenvalue weighted by Gasteiger charge is -2.45. The lowest BCUT2D eigenvalue weighted by molar-refractivity contribution is -0.139. The molecule has 2 aliphatic heterocycles. The van der Waals surface area contributed by atoms with Gasteiger partial charge in [0.05, 0.1) is 5.54 Å². The Morgan fingerprint density at radius 2 is 1.86 bits per heavy atom. The molecule has 2 bridgehead atoms. The molecule has 0 radical (unpaired) electrons. The van der Waals surface area contributed by atoms with Crippen LogP contribution in [0.5, 0.6) is 0 Å². The molecule has 8 heteroatoms. The third-order valence-corrected chi connectivity index (χ3v) is 6.38. The van der Waals surface area contributed by atoms with Gasteiger partial charge in [0.2, 0.25) is 5.91 Å². The molecule has 2 fully saturated rings. The second-order valence-electron chi connectivity index (χ2n) is 8.81. The van der Waals surface area contributed by atoms with Gasteiger partial charge in [-0.25, -0.2) is 0 Å². The molecule has 2 N–H and O–H groups in total. The zero-order valence-corrected chi connectivity index (χ0v) is 18.4. The highest BCUT2D eigenvalue weighted by Crippen LogP contribution is 2.37. The van der Waals surface area contributed by atoms with E-state index in [1.807, 2.05) is 34.5 Å². The molecule has 158 valence electrons. The summed E-state index contributed by atoms with van der Waals surface area (Å²) in [5.74, 6) is 0.727. The number of carbonyl (C=O) groups excluding carboxylic acids is 1. The number of halogens is 2. The Kier molecular flexibility index (Phi) is 7.24. The molecule has 4 rings (SSSR count). The van der Waals surface area contributed by atoms with Crippen LogP contribution in [0.15, 0.2) is 16.9 Å². The van der Waals surface area contributed by atoms with Gasteiger partial charge in [0.1, 0.15) is 0 Å². The SMILES string of the molecule is CN(C)Cc1ccc2n(c1=O)C[C@H]1C[C@@H]2CN(C(=O)C2(N)CCCC2)C1.Cl.Cl. The van der Waals surface area contributed by atoms with E-state index in [1.165, 1.54) is 0 Å². The number of carbonyl (C=O) groups is 1. The van der Waals surface area contributed by atoms with E-state index in [9.17, 15) is 9.59 Å². The molecule has 1 saturated heterocycles. The summed E-state index contributed by atoms with van der Waals surface area (Å²) < 4.78 is 1.97. The maximum atomic E-state index is 13.0. The number of amides is 1. The van der Waals surface area contributed by atoms with Gasteiger partial charge in [-0.15, -0.1) is 24.8 Å². The molecule has 1 saturated carbocycles. The Morgan fingerprint density at radius 3 is 2.50 bits per heavy atom. The molecule has 1 amide bonds. The number of nitrogens with two attached hydrogens (primary N) is 1. The van der Waals surface area contributed by atoms with Crippen molar-refractivity contribution in [1.29, 1.82) is 0 Å². The Labute approximate surface area is 179 Å². The minimum atomic E-state index is -0.652. The summed E-state index contributed by atoms with van der Waals surface area (Å²) in [6.45, 7) is 2.81. The van der Waals surface area contributed by atoms with Crippen LogP contribution in [0.25, 0.3) is 0 Å². The van der Waals surface area contributed by atoms with Crippen molar-refractivity contribution in [2.45, 2.75) is 56.7 Å². The van der Waals surface area contributed by atoms with Crippen LogP contribution in [0.1, 0.15) is 49.3 Å². The van der Waals surface area contributed by atoms with Crippen molar-refractivity contribution < 1.29 is 4.79 Å². The van der Waals surface area contributed by atoms with E-state index in [4.69, 9.17) is 5.73 Å². The normalized spacial score (nSPS) is 24.9. The fourth-order valence-corrected chi connectivity index (χ4v) is 5.15. The van der Waals surface area contributed by atoms with Crippen molar-refractivity contribution in [2.24, 2.45) is 11.7 Å². The molecular weight excluding hydrogens is 399 g/mol. The van der Waals surface area contributed by atoms with E-state index < -0.39 is 5.54 Å². The van der Waals surface area contributed by atoms with Crippen LogP contribution >= 0.6 is 24.8 Å². The topological polar surface area (TPSA) is 71.6 Å². The van der Waals surface area contributed by atoms with E-state index in [-0.39, 0.29) is 42.2 Å². The number of nitrogens with zero attached hydrogens (tertiary/aromatic N) is 3. The number of aromatic nitrogens is 1. The highest BCUT2D eigenvalue weighted by Gasteiger charge is 2.44. The summed E-state index contributed by atoms with van der Waals surface area (Å²) in [5.41, 5.74) is 7.83. The van der Waals surface area contributed by atoms with Crippen LogP contribution in [0.2, 0.25) is 0 Å². The van der Waals surface area contributed by atoms with Crippen LogP contribution in [0.3, 0.4) is 0 Å². The fourth-order valence-electron chi connectivity index (χ4n) is 5.15. The first-order chi connectivity index (χ1) is 12.4. The molecule has 3 aliphatic rings. The molecule has 1 aliphatic carbocycles. The van der Waals surface area contributed by atoms with Crippen molar-refractivity contribution in [3.63, 3.8) is 0 Å². The molecule has 1 aromatic rings. The summed E-state index contributed by atoms with van der Waals surface area (Å²) in [6, 6.07) is 4.07. The minimum Gasteiger partial charge on any atom is -0.340 e. The molecule has 0 aromatic carbocycles. The van der Waals surface area contributed by atoms with Crippen LogP contribution in [-0.2, 0) is 17.9 Å². The highest BCUT2D eigenvalue weighted by atomic mass is 35.5. The molecule has 0 unspecified atom stereocenters. The summed E-state index contributed by atoms with van der Waals surface area (Å²) in [4.78, 5) is 29.9. The van der Waals surface area contributed by atoms with Crippen LogP contribution in [0, 0.1) is 5.92 Å². The van der Waals surface area contributed by atoms with Crippen molar-refractivity contribution in [3.05, 3.63) is 33.7 Å². The average molecular weight is 431 g/mol. The standard InChI is InChI=1S/C20H30N4O2.2ClH/c1-22(2)12-15-5-6-17-16-9-14(11-24(17)18(15)25)10-23(13-16)19(26)20(21)7-3-4-8-20;;/h5-6,14,16H,3-4,7-13,21H2,1-2H3;2*1H/t14-,16+;;/m0../s1. The monoisotopic (exact) mass is 430 g/mol. The smallest absolute Gasteiger partial charge is 0.255 e. The second kappa shape index (κ2) is 8.74. The summed E-state index contributed by atoms with van der Waals surface area (Å²) in [7, 11) is 3.96. The van der Waals surface area contributed by atoms with Gasteiger partial charge in [-0.2, -0.15) is 0 Å². The molecule has 6 nitrogen and oxygen atoms in total. The lowest BCUT2D eigenvalue weighted by atomic mass is 9.82. The molecule has 28 heavy (non-hydrogen) atoms. The Morgan fingerprint density at radius 1 is 1.18 bits per heavy atom. The van der Waals surface area contributed by atoms with Gasteiger partial charge in [-0.05, 0) is 45.3 Å². The predicted molar refractivity (Wildman–Crippen MR) is 115 cm³/mol. The summed E-state index contributed by atoms with van der Waals surface area (Å²) in [6.07, 6.45) is 4.78. The van der Waals surface area contributed by atoms with Crippen LogP contribution < -0.4 is 11.3 Å². The number of piperidine rings is 1. The number of hydrogen-bond acceptors (Lipinski definition) is 4. The predicted octanol–water partition coefficient (Wildman–Crippen LogP) is 1.97. The third-order valence-electron chi connectivity index (χ3n) is 6.38. The van der Waals surface area contributed by atoms with E-state index in [2.05, 4.69) is 6.07 Å². The van der Waals surface area contributed by atoms with Gasteiger partial charge in [-0.3, -0.25) is 9.59 Å². The largest absolute Gasteiger partial charge is 0.340 e. The van der Waals surface area contributed by atoms with Crippen molar-refractivity contribution in [3.8, 4) is 0 Å². The number of likely N-dealkylation sites (tertiary alicyclic amines) is 1. The maximum Gasteiger partial charge on any atom is 0.255 e. The summed E-state index contributed by atoms with van der Waals surface area (Å²) in [5, 5.41) is 0. The lowest BCUT2D eigenvalue weighted by Crippen LogP contribution is -2.58. The maximum absolute atomic E-state index is 13.0. The molecular formula is C20H32Cl2N4O2. The Bertz CT molecular complexity index is 774. The van der Waals surface area contributed by atoms with Gasteiger partial charge >= 0.3 is 0 Å². The van der Waals surface area contributed by atoms with E-state index in [1.54, 1.807) is 0 Å². The number of hydrogen-bond donors (Lipinski definition) is 1. The van der Waals surface area contributed by atoms with Gasteiger partial charge in [0.25, 0.3) is 5.56 Å². The zero-order chi connectivity index (χ0) is 18.5. The molecule has 3 heterocycles. The molecule has 1 aromatic heterocycles. The van der Waals surface area contributed by atoms with Crippen LogP contribution in [-0.4, -0.2) is 53.0 Å². The zero-order valence-electron chi connectivity index (χ0n) is 16.7. The minimum absolute atomic E-state index is 0. The molecule has 2 atom stereocenters. The van der Waals surface area contributed by atoms with E-state index in [0.717, 1.165) is 49.9 Å². The van der Waals surface area contributed by atoms with Crippen molar-refractivity contribution in [1.82, 2.24) is 14.4 Å². The van der Waals surface area contributed by atoms with Crippen molar-refractivity contribution >= 4 is 30.7 Å². The first-order valence-electron chi connectivity index (χ1n) is 9.83. The third kappa shape index (κ3) is 4.11. The first-order valence-corrected chi connectivity index (χ1v) is 9.83. The van der Waals surface area contributed by atoms with Crippen molar-refractivity contribution in [2.75, 3.05) is 27.2 Å². The fraction of sp³-hybridized carbons (Fsp3) is 0.700. The van der Waals surface area contributed by atoms with Gasteiger partial charge in [0.15, 0.2) is 0 Å². The number of rotatable bonds is 3. The second-order valence-corrected chi connectivity index (χ2v) is 8.81. The Hall–Kier alpha value is -1.08. The quantitative estimate of drug-likeness (QED) is 0.795. The summed E-state index contributed by atoms with van der Waals surface area (Å²) >= 11 is 0. The van der Waals surface area contributed by atoms with Gasteiger partial charge in [-0.1, -0.05) is 18.9 Å². The number of fused-ring (bicyclic) bond motifs is 4. The number of pyridine rings is 1. The molecule has 0 spiro atoms. The van der Waals surface area contributed by atoms with Crippen LogP contribution in [0.4, 0.5) is 0 Å². The average Bonchev–Trinajstić information content (AvgIpc) is 3.04. The van der Waals surface area contributed by atoms with E-state index >= 15 is 0 Å². The Balaban J connectivity index is 0.00000140. The first kappa shape index (κ1) is 23.2.